The van der Waals surface area contributed by atoms with Gasteiger partial charge in [0.2, 0.25) is 17.1 Å². The summed E-state index contributed by atoms with van der Waals surface area (Å²) in [5.74, 6) is 0.427. The van der Waals surface area contributed by atoms with E-state index in [1.54, 1.807) is 6.92 Å². The number of benzene rings is 1. The molecule has 1 fully saturated rings. The van der Waals surface area contributed by atoms with Gasteiger partial charge in [0.25, 0.3) is 0 Å². The largest absolute Gasteiger partial charge is 0.502 e. The topological polar surface area (TPSA) is 86.5 Å². The van der Waals surface area contributed by atoms with Crippen molar-refractivity contribution >= 4 is 16.8 Å². The number of hydrogen-bond acceptors (Lipinski definition) is 4. The van der Waals surface area contributed by atoms with Crippen molar-refractivity contribution in [3.63, 3.8) is 0 Å². The minimum absolute atomic E-state index is 0.0495. The quantitative estimate of drug-likeness (QED) is 0.619. The molecule has 1 aliphatic heterocycles. The number of aromatic hydroxyl groups is 1. The first-order valence-electron chi connectivity index (χ1n) is 11.7. The molecular weight excluding hydrogens is 404 g/mol. The van der Waals surface area contributed by atoms with E-state index < -0.39 is 5.43 Å². The maximum atomic E-state index is 13.4. The van der Waals surface area contributed by atoms with Crippen molar-refractivity contribution in [3.05, 3.63) is 63.3 Å². The number of hydrogen-bond donors (Lipinski definition) is 2. The van der Waals surface area contributed by atoms with Crippen molar-refractivity contribution in [1.29, 1.82) is 0 Å². The number of nitrogens with one attached hydrogen (secondary N) is 1. The molecule has 3 heterocycles. The number of aryl methyl sites for hydroxylation is 1. The van der Waals surface area contributed by atoms with Crippen molar-refractivity contribution in [1.82, 2.24) is 9.88 Å². The molecule has 2 N–H and O–H groups in total. The number of carbonyl (C=O) groups is 1. The molecule has 3 aromatic rings. The normalized spacial score (nSPS) is 18.0. The standard InChI is InChI=1S/C26H30N2O4/c1-16-13-23(29)25(31)26(32-16)20(17-7-3-2-4-8-17)14-24(30)28-12-11-19-18-9-5-6-10-21(18)27-22(19)15-28/h5-6,9-10,13,17,20,27,31H,2-4,7-8,11-12,14-15H2,1H3/t20-/m0/s1. The van der Waals surface area contributed by atoms with E-state index >= 15 is 0 Å². The number of para-hydroxylation sites is 1. The van der Waals surface area contributed by atoms with Gasteiger partial charge in [0.15, 0.2) is 5.76 Å². The number of aromatic nitrogens is 1. The highest BCUT2D eigenvalue weighted by atomic mass is 16.4. The van der Waals surface area contributed by atoms with Crippen LogP contribution >= 0.6 is 0 Å². The van der Waals surface area contributed by atoms with Gasteiger partial charge in [-0.25, -0.2) is 0 Å². The molecule has 1 amide bonds. The van der Waals surface area contributed by atoms with Gasteiger partial charge in [0.1, 0.15) is 5.76 Å². The third-order valence-electron chi connectivity index (χ3n) is 7.26. The Morgan fingerprint density at radius 3 is 2.84 bits per heavy atom. The average molecular weight is 435 g/mol. The van der Waals surface area contributed by atoms with E-state index in [0.29, 0.717) is 24.6 Å². The molecule has 32 heavy (non-hydrogen) atoms. The van der Waals surface area contributed by atoms with E-state index in [1.165, 1.54) is 23.4 Å². The molecule has 0 saturated heterocycles. The van der Waals surface area contributed by atoms with Crippen LogP contribution in [0, 0.1) is 12.8 Å². The van der Waals surface area contributed by atoms with Crippen LogP contribution in [0.15, 0.2) is 39.5 Å². The molecule has 2 aromatic heterocycles. The Bertz CT molecular complexity index is 1200. The lowest BCUT2D eigenvalue weighted by Crippen LogP contribution is -2.37. The van der Waals surface area contributed by atoms with Crippen molar-refractivity contribution in [2.24, 2.45) is 5.92 Å². The van der Waals surface area contributed by atoms with Crippen LogP contribution in [0.1, 0.15) is 67.2 Å². The summed E-state index contributed by atoms with van der Waals surface area (Å²) < 4.78 is 5.86. The smallest absolute Gasteiger partial charge is 0.227 e. The maximum Gasteiger partial charge on any atom is 0.227 e. The van der Waals surface area contributed by atoms with Crippen LogP contribution in [0.2, 0.25) is 0 Å². The van der Waals surface area contributed by atoms with E-state index in [1.807, 2.05) is 17.0 Å². The minimum Gasteiger partial charge on any atom is -0.502 e. The van der Waals surface area contributed by atoms with Gasteiger partial charge in [0.05, 0.1) is 6.54 Å². The Hall–Kier alpha value is -3.02. The zero-order valence-electron chi connectivity index (χ0n) is 18.5. The lowest BCUT2D eigenvalue weighted by Gasteiger charge is -2.33. The number of amides is 1. The monoisotopic (exact) mass is 434 g/mol. The zero-order chi connectivity index (χ0) is 22.2. The summed E-state index contributed by atoms with van der Waals surface area (Å²) in [6.07, 6.45) is 6.45. The van der Waals surface area contributed by atoms with Crippen LogP contribution in [0.25, 0.3) is 10.9 Å². The molecule has 0 unspecified atom stereocenters. The van der Waals surface area contributed by atoms with E-state index in [-0.39, 0.29) is 29.9 Å². The molecule has 168 valence electrons. The lowest BCUT2D eigenvalue weighted by molar-refractivity contribution is -0.133. The van der Waals surface area contributed by atoms with Crippen LogP contribution < -0.4 is 5.43 Å². The predicted molar refractivity (Wildman–Crippen MR) is 123 cm³/mol. The summed E-state index contributed by atoms with van der Waals surface area (Å²) in [5.41, 5.74) is 3.08. The van der Waals surface area contributed by atoms with Crippen molar-refractivity contribution in [2.75, 3.05) is 6.54 Å². The fourth-order valence-corrected chi connectivity index (χ4v) is 5.61. The molecule has 2 aliphatic rings. The van der Waals surface area contributed by atoms with Crippen LogP contribution in [-0.2, 0) is 17.8 Å². The second-order valence-electron chi connectivity index (χ2n) is 9.34. The molecule has 1 saturated carbocycles. The first kappa shape index (κ1) is 20.9. The Balaban J connectivity index is 1.41. The molecule has 1 atom stereocenters. The van der Waals surface area contributed by atoms with Crippen molar-refractivity contribution in [2.45, 2.75) is 64.3 Å². The molecule has 6 nitrogen and oxygen atoms in total. The van der Waals surface area contributed by atoms with Gasteiger partial charge in [-0.3, -0.25) is 9.59 Å². The minimum atomic E-state index is -0.433. The van der Waals surface area contributed by atoms with Crippen LogP contribution in [-0.4, -0.2) is 27.4 Å². The summed E-state index contributed by atoms with van der Waals surface area (Å²) in [6.45, 7) is 2.95. The van der Waals surface area contributed by atoms with Gasteiger partial charge in [-0.05, 0) is 43.7 Å². The number of nitrogens with zero attached hydrogens (tertiary/aromatic N) is 1. The van der Waals surface area contributed by atoms with Crippen LogP contribution in [0.5, 0.6) is 5.75 Å². The molecular formula is C26H30N2O4. The Labute approximate surface area is 187 Å². The highest BCUT2D eigenvalue weighted by molar-refractivity contribution is 5.85. The molecule has 5 rings (SSSR count). The molecule has 0 spiro atoms. The van der Waals surface area contributed by atoms with Gasteiger partial charge in [-0.2, -0.15) is 0 Å². The van der Waals surface area contributed by atoms with Gasteiger partial charge >= 0.3 is 0 Å². The third kappa shape index (κ3) is 3.83. The van der Waals surface area contributed by atoms with E-state index in [4.69, 9.17) is 4.42 Å². The second kappa shape index (κ2) is 8.49. The molecule has 6 heteroatoms. The SMILES string of the molecule is Cc1cc(=O)c(O)c([C@@H](CC(=O)N2CCc3c([nH]c4ccccc34)C2)C2CCCCC2)o1. The Morgan fingerprint density at radius 1 is 1.25 bits per heavy atom. The number of H-pyrrole nitrogens is 1. The van der Waals surface area contributed by atoms with Gasteiger partial charge < -0.3 is 19.4 Å². The van der Waals surface area contributed by atoms with Gasteiger partial charge in [-0.15, -0.1) is 0 Å². The number of fused-ring (bicyclic) bond motifs is 3. The Morgan fingerprint density at radius 2 is 2.03 bits per heavy atom. The summed E-state index contributed by atoms with van der Waals surface area (Å²) in [6, 6.07) is 9.57. The van der Waals surface area contributed by atoms with E-state index in [2.05, 4.69) is 17.1 Å². The van der Waals surface area contributed by atoms with Crippen molar-refractivity contribution in [3.8, 4) is 5.75 Å². The number of carbonyl (C=O) groups excluding carboxylic acids is 1. The van der Waals surface area contributed by atoms with E-state index in [9.17, 15) is 14.7 Å². The number of rotatable bonds is 4. The molecule has 1 aliphatic carbocycles. The van der Waals surface area contributed by atoms with Gasteiger partial charge in [0, 0.05) is 41.5 Å². The van der Waals surface area contributed by atoms with Crippen LogP contribution in [0.4, 0.5) is 0 Å². The number of aromatic amines is 1. The molecule has 0 radical (unpaired) electrons. The predicted octanol–water partition coefficient (Wildman–Crippen LogP) is 4.77. The van der Waals surface area contributed by atoms with Crippen molar-refractivity contribution < 1.29 is 14.3 Å². The first-order valence-corrected chi connectivity index (χ1v) is 11.7. The molecule has 1 aromatic carbocycles. The zero-order valence-corrected chi connectivity index (χ0v) is 18.5. The first-order chi connectivity index (χ1) is 15.5. The Kier molecular flexibility index (Phi) is 5.53. The molecule has 0 bridgehead atoms. The fourth-order valence-electron chi connectivity index (χ4n) is 5.61. The highest BCUT2D eigenvalue weighted by Gasteiger charge is 2.34. The lowest BCUT2D eigenvalue weighted by atomic mass is 9.76. The summed E-state index contributed by atoms with van der Waals surface area (Å²) in [5, 5.41) is 11.8. The average Bonchev–Trinajstić information content (AvgIpc) is 3.18. The van der Waals surface area contributed by atoms with E-state index in [0.717, 1.165) is 43.3 Å². The second-order valence-corrected chi connectivity index (χ2v) is 9.34. The third-order valence-corrected chi connectivity index (χ3v) is 7.26. The fraction of sp³-hybridized carbons (Fsp3) is 0.462. The maximum absolute atomic E-state index is 13.4. The summed E-state index contributed by atoms with van der Waals surface area (Å²) in [7, 11) is 0. The summed E-state index contributed by atoms with van der Waals surface area (Å²) in [4.78, 5) is 31.1. The summed E-state index contributed by atoms with van der Waals surface area (Å²) >= 11 is 0. The van der Waals surface area contributed by atoms with Gasteiger partial charge in [-0.1, -0.05) is 37.5 Å². The highest BCUT2D eigenvalue weighted by Crippen LogP contribution is 2.41. The van der Waals surface area contributed by atoms with Crippen LogP contribution in [0.3, 0.4) is 0 Å².